The first-order valence-electron chi connectivity index (χ1n) is 11.3. The van der Waals surface area contributed by atoms with Crippen molar-refractivity contribution in [2.75, 3.05) is 18.0 Å². The fraction of sp³-hybridized carbons (Fsp3) is 0.400. The molecule has 0 atom stereocenters. The number of nitrogens with zero attached hydrogens (tertiary/aromatic N) is 3. The van der Waals surface area contributed by atoms with Gasteiger partial charge in [0, 0.05) is 24.4 Å². The van der Waals surface area contributed by atoms with Crippen LogP contribution in [0.2, 0.25) is 0 Å². The highest BCUT2D eigenvalue weighted by Crippen LogP contribution is 2.41. The highest BCUT2D eigenvalue weighted by atomic mass is 32.1. The average molecular weight is 431 g/mol. The maximum Gasteiger partial charge on any atom is 0.222 e. The highest BCUT2D eigenvalue weighted by molar-refractivity contribution is 7.19. The number of hydrogen-bond donors (Lipinski definition) is 1. The van der Waals surface area contributed by atoms with Crippen LogP contribution in [0.15, 0.2) is 30.3 Å². The van der Waals surface area contributed by atoms with Gasteiger partial charge in [-0.2, -0.15) is 0 Å². The Hall–Kier alpha value is -2.73. The number of aromatic nitrogens is 2. The number of piperidine rings is 1. The van der Waals surface area contributed by atoms with Gasteiger partial charge in [0.2, 0.25) is 5.91 Å². The smallest absolute Gasteiger partial charge is 0.222 e. The van der Waals surface area contributed by atoms with Crippen LogP contribution < -0.4 is 10.2 Å². The molecule has 1 aliphatic carbocycles. The monoisotopic (exact) mass is 430 g/mol. The predicted molar refractivity (Wildman–Crippen MR) is 126 cm³/mol. The number of thiophene rings is 1. The second kappa shape index (κ2) is 7.45. The summed E-state index contributed by atoms with van der Waals surface area (Å²) in [6, 6.07) is 10.3. The van der Waals surface area contributed by atoms with Gasteiger partial charge in [-0.1, -0.05) is 36.4 Å². The van der Waals surface area contributed by atoms with Crippen LogP contribution in [0.3, 0.4) is 0 Å². The first kappa shape index (κ1) is 19.0. The molecule has 2 fully saturated rings. The number of nitrogens with one attached hydrogen (secondary N) is 1. The lowest BCUT2D eigenvalue weighted by atomic mass is 9.78. The van der Waals surface area contributed by atoms with E-state index in [9.17, 15) is 4.79 Å². The normalized spacial score (nSPS) is 20.1. The van der Waals surface area contributed by atoms with Crippen molar-refractivity contribution >= 4 is 45.4 Å². The Morgan fingerprint density at radius 1 is 1.03 bits per heavy atom. The Labute approximate surface area is 186 Å². The molecule has 0 radical (unpaired) electrons. The number of fused-ring (bicyclic) bond motifs is 3. The van der Waals surface area contributed by atoms with Crippen molar-refractivity contribution in [2.24, 2.45) is 0 Å². The van der Waals surface area contributed by atoms with Crippen LogP contribution in [0.5, 0.6) is 0 Å². The van der Waals surface area contributed by atoms with E-state index in [4.69, 9.17) is 9.97 Å². The van der Waals surface area contributed by atoms with E-state index in [2.05, 4.69) is 28.4 Å². The van der Waals surface area contributed by atoms with Crippen LogP contribution >= 0.6 is 11.3 Å². The molecule has 0 saturated carbocycles. The minimum Gasteiger partial charge on any atom is -0.356 e. The van der Waals surface area contributed by atoms with Crippen molar-refractivity contribution in [3.8, 4) is 0 Å². The quantitative estimate of drug-likeness (QED) is 0.617. The molecule has 1 N–H and O–H groups in total. The van der Waals surface area contributed by atoms with Crippen molar-refractivity contribution in [1.29, 1.82) is 0 Å². The van der Waals surface area contributed by atoms with Gasteiger partial charge in [-0.15, -0.1) is 11.3 Å². The maximum absolute atomic E-state index is 11.5. The summed E-state index contributed by atoms with van der Waals surface area (Å²) in [6.45, 7) is 1.86. The number of benzene rings is 1. The van der Waals surface area contributed by atoms with Gasteiger partial charge in [0.15, 0.2) is 5.82 Å². The predicted octanol–water partition coefficient (Wildman–Crippen LogP) is 4.60. The molecule has 1 aromatic carbocycles. The van der Waals surface area contributed by atoms with Crippen molar-refractivity contribution in [3.05, 3.63) is 52.2 Å². The number of β-lactam (4-membered cyclic amide) rings is 1. The molecule has 1 spiro atoms. The first-order valence-corrected chi connectivity index (χ1v) is 12.1. The Balaban J connectivity index is 1.38. The van der Waals surface area contributed by atoms with Crippen LogP contribution in [-0.2, 0) is 17.6 Å². The summed E-state index contributed by atoms with van der Waals surface area (Å²) in [5, 5.41) is 4.44. The van der Waals surface area contributed by atoms with Crippen LogP contribution in [0, 0.1) is 0 Å². The van der Waals surface area contributed by atoms with E-state index in [1.54, 1.807) is 0 Å². The molecule has 2 aliphatic heterocycles. The zero-order chi connectivity index (χ0) is 20.8. The zero-order valence-corrected chi connectivity index (χ0v) is 18.4. The number of carbonyl (C=O) groups excluding carboxylic acids is 1. The molecule has 31 heavy (non-hydrogen) atoms. The summed E-state index contributed by atoms with van der Waals surface area (Å²) >= 11 is 1.86. The minimum atomic E-state index is 0.0316. The molecule has 6 rings (SSSR count). The number of hydrogen-bond acceptors (Lipinski definition) is 5. The average Bonchev–Trinajstić information content (AvgIpc) is 3.16. The van der Waals surface area contributed by atoms with Crippen LogP contribution in [-0.4, -0.2) is 34.5 Å². The van der Waals surface area contributed by atoms with E-state index in [-0.39, 0.29) is 11.4 Å². The standard InChI is InChI=1S/C25H26N4OS/c30-21-16-25(28-21)12-14-29(15-13-25)23-22-18-8-4-5-9-19(18)31-24(22)27-20(26-23)11-10-17-6-2-1-3-7-17/h1-3,6-7,10-11H,4-5,8-9,12-16H2,(H,28,30)/b11-10-. The van der Waals surface area contributed by atoms with E-state index < -0.39 is 0 Å². The lowest BCUT2D eigenvalue weighted by molar-refractivity contribution is -0.133. The highest BCUT2D eigenvalue weighted by Gasteiger charge is 2.45. The molecule has 5 nitrogen and oxygen atoms in total. The molecule has 2 saturated heterocycles. The molecule has 2 aromatic heterocycles. The summed E-state index contributed by atoms with van der Waals surface area (Å²) in [7, 11) is 0. The third-order valence-electron chi connectivity index (χ3n) is 6.96. The molecule has 3 aliphatic rings. The number of anilines is 1. The molecule has 4 heterocycles. The molecule has 0 unspecified atom stereocenters. The number of aryl methyl sites for hydroxylation is 2. The second-order valence-electron chi connectivity index (χ2n) is 9.03. The molecular formula is C25H26N4OS. The van der Waals surface area contributed by atoms with Crippen molar-refractivity contribution in [2.45, 2.75) is 50.5 Å². The summed E-state index contributed by atoms with van der Waals surface area (Å²) < 4.78 is 0. The van der Waals surface area contributed by atoms with Crippen molar-refractivity contribution in [3.63, 3.8) is 0 Å². The number of rotatable bonds is 3. The van der Waals surface area contributed by atoms with Gasteiger partial charge < -0.3 is 10.2 Å². The van der Waals surface area contributed by atoms with Gasteiger partial charge in [-0.3, -0.25) is 4.79 Å². The van der Waals surface area contributed by atoms with Gasteiger partial charge in [0.25, 0.3) is 0 Å². The Morgan fingerprint density at radius 2 is 1.81 bits per heavy atom. The minimum absolute atomic E-state index is 0.0316. The molecule has 1 amide bonds. The lowest BCUT2D eigenvalue weighted by Gasteiger charge is -2.48. The van der Waals surface area contributed by atoms with E-state index in [0.29, 0.717) is 6.42 Å². The van der Waals surface area contributed by atoms with Gasteiger partial charge in [-0.25, -0.2) is 9.97 Å². The maximum atomic E-state index is 11.5. The largest absolute Gasteiger partial charge is 0.356 e. The third kappa shape index (κ3) is 3.43. The fourth-order valence-electron chi connectivity index (χ4n) is 5.23. The molecular weight excluding hydrogens is 404 g/mol. The summed E-state index contributed by atoms with van der Waals surface area (Å²) in [5.74, 6) is 2.07. The van der Waals surface area contributed by atoms with Crippen LogP contribution in [0.1, 0.15) is 53.9 Å². The summed E-state index contributed by atoms with van der Waals surface area (Å²) in [4.78, 5) is 26.6. The zero-order valence-electron chi connectivity index (χ0n) is 17.6. The van der Waals surface area contributed by atoms with Gasteiger partial charge in [0.1, 0.15) is 10.6 Å². The molecule has 158 valence electrons. The number of amides is 1. The van der Waals surface area contributed by atoms with Crippen LogP contribution in [0.4, 0.5) is 5.82 Å². The molecule has 6 heteroatoms. The van der Waals surface area contributed by atoms with E-state index >= 15 is 0 Å². The topological polar surface area (TPSA) is 58.1 Å². The van der Waals surface area contributed by atoms with Gasteiger partial charge >= 0.3 is 0 Å². The van der Waals surface area contributed by atoms with Gasteiger partial charge in [0.05, 0.1) is 10.9 Å². The Morgan fingerprint density at radius 3 is 2.58 bits per heavy atom. The molecule has 0 bridgehead atoms. The third-order valence-corrected chi connectivity index (χ3v) is 8.15. The Bertz CT molecular complexity index is 1170. The Kier molecular flexibility index (Phi) is 4.56. The van der Waals surface area contributed by atoms with Crippen molar-refractivity contribution < 1.29 is 4.79 Å². The lowest BCUT2D eigenvalue weighted by Crippen LogP contribution is -2.65. The van der Waals surface area contributed by atoms with E-state index in [0.717, 1.165) is 54.4 Å². The van der Waals surface area contributed by atoms with Crippen LogP contribution in [0.25, 0.3) is 22.4 Å². The first-order chi connectivity index (χ1) is 15.2. The summed E-state index contributed by atoms with van der Waals surface area (Å²) in [5.41, 5.74) is 2.67. The SMILES string of the molecule is O=C1CC2(CCN(c3nc(/C=C\c4ccccc4)nc4sc5c(c34)CCCC5)CC2)N1. The molecule has 3 aromatic rings. The fourth-order valence-corrected chi connectivity index (χ4v) is 6.49. The van der Waals surface area contributed by atoms with Gasteiger partial charge in [-0.05, 0) is 55.7 Å². The number of carbonyl (C=O) groups is 1. The van der Waals surface area contributed by atoms with Crippen molar-refractivity contribution in [1.82, 2.24) is 15.3 Å². The second-order valence-corrected chi connectivity index (χ2v) is 10.1. The summed E-state index contributed by atoms with van der Waals surface area (Å²) in [6.07, 6.45) is 11.6. The van der Waals surface area contributed by atoms with E-state index in [1.165, 1.54) is 35.1 Å². The van der Waals surface area contributed by atoms with E-state index in [1.807, 2.05) is 35.6 Å².